The van der Waals surface area contributed by atoms with Crippen LogP contribution in [0, 0.1) is 0 Å². The van der Waals surface area contributed by atoms with E-state index in [0.29, 0.717) is 14.2 Å². The fourth-order valence-electron chi connectivity index (χ4n) is 2.63. The number of carbonyl (C=O) groups excluding carboxylic acids is 1. The Bertz CT molecular complexity index is 830. The molecule has 0 bridgehead atoms. The van der Waals surface area contributed by atoms with Gasteiger partial charge in [-0.05, 0) is 54.3 Å². The first-order valence-corrected chi connectivity index (χ1v) is 9.81. The first-order chi connectivity index (χ1) is 12.1. The normalized spacial score (nSPS) is 16.1. The molecule has 128 valence electrons. The molecule has 0 aromatic heterocycles. The van der Waals surface area contributed by atoms with Gasteiger partial charge in [0.05, 0.1) is 10.6 Å². The van der Waals surface area contributed by atoms with Gasteiger partial charge in [-0.3, -0.25) is 9.69 Å². The van der Waals surface area contributed by atoms with E-state index in [-0.39, 0.29) is 5.91 Å². The number of hydrogen-bond acceptors (Lipinski definition) is 3. The van der Waals surface area contributed by atoms with Crippen LogP contribution in [0.15, 0.2) is 53.4 Å². The number of benzene rings is 2. The Morgan fingerprint density at radius 1 is 1.20 bits per heavy atom. The Morgan fingerprint density at radius 2 is 1.96 bits per heavy atom. The smallest absolute Gasteiger partial charge is 0.268 e. The van der Waals surface area contributed by atoms with E-state index >= 15 is 0 Å². The highest BCUT2D eigenvalue weighted by atomic mass is 35.5. The summed E-state index contributed by atoms with van der Waals surface area (Å²) in [4.78, 5) is 15.0. The van der Waals surface area contributed by atoms with Crippen molar-refractivity contribution < 1.29 is 4.79 Å². The second-order valence-corrected chi connectivity index (χ2v) is 7.95. The number of aryl methyl sites for hydroxylation is 1. The molecule has 2 aromatic carbocycles. The van der Waals surface area contributed by atoms with Crippen LogP contribution in [-0.4, -0.2) is 10.2 Å². The van der Waals surface area contributed by atoms with Gasteiger partial charge in [-0.25, -0.2) is 0 Å². The van der Waals surface area contributed by atoms with Gasteiger partial charge in [0.25, 0.3) is 5.91 Å². The van der Waals surface area contributed by atoms with E-state index < -0.39 is 0 Å². The van der Waals surface area contributed by atoms with Crippen molar-refractivity contribution in [3.8, 4) is 0 Å². The summed E-state index contributed by atoms with van der Waals surface area (Å²) < 4.78 is 0.555. The number of thiocarbonyl (C=S) groups is 1. The Hall–Kier alpha value is -1.62. The molecule has 1 fully saturated rings. The maximum absolute atomic E-state index is 12.8. The van der Waals surface area contributed by atoms with Gasteiger partial charge < -0.3 is 0 Å². The topological polar surface area (TPSA) is 20.3 Å². The molecule has 1 saturated heterocycles. The third kappa shape index (κ3) is 4.32. The van der Waals surface area contributed by atoms with E-state index in [1.165, 1.54) is 30.2 Å². The SMILES string of the molecule is CCCCc1ccc(N2C(=O)/C(=C/c3cccc(Cl)c3)SC2=S)cc1. The van der Waals surface area contributed by atoms with Gasteiger partial charge in [-0.1, -0.05) is 73.2 Å². The summed E-state index contributed by atoms with van der Waals surface area (Å²) in [6, 6.07) is 15.5. The van der Waals surface area contributed by atoms with Crippen LogP contribution in [0.4, 0.5) is 5.69 Å². The molecule has 2 aromatic rings. The van der Waals surface area contributed by atoms with Crippen LogP contribution in [-0.2, 0) is 11.2 Å². The molecule has 3 rings (SSSR count). The summed E-state index contributed by atoms with van der Waals surface area (Å²) >= 11 is 12.8. The van der Waals surface area contributed by atoms with Gasteiger partial charge in [0, 0.05) is 5.02 Å². The van der Waals surface area contributed by atoms with Crippen LogP contribution in [0.3, 0.4) is 0 Å². The number of hydrogen-bond donors (Lipinski definition) is 0. The molecule has 0 N–H and O–H groups in total. The number of halogens is 1. The van der Waals surface area contributed by atoms with Crippen molar-refractivity contribution in [1.29, 1.82) is 0 Å². The summed E-state index contributed by atoms with van der Waals surface area (Å²) in [5.74, 6) is -0.0868. The van der Waals surface area contributed by atoms with Crippen LogP contribution in [0.2, 0.25) is 5.02 Å². The van der Waals surface area contributed by atoms with Crippen molar-refractivity contribution in [3.05, 3.63) is 69.6 Å². The quantitative estimate of drug-likeness (QED) is 0.457. The Labute approximate surface area is 162 Å². The van der Waals surface area contributed by atoms with Crippen molar-refractivity contribution in [2.75, 3.05) is 4.90 Å². The molecule has 1 aliphatic rings. The summed E-state index contributed by atoms with van der Waals surface area (Å²) in [5.41, 5.74) is 2.99. The number of amides is 1. The highest BCUT2D eigenvalue weighted by Gasteiger charge is 2.33. The number of rotatable bonds is 5. The second-order valence-electron chi connectivity index (χ2n) is 5.84. The summed E-state index contributed by atoms with van der Waals surface area (Å²) in [6.07, 6.45) is 5.23. The fraction of sp³-hybridized carbons (Fsp3) is 0.200. The fourth-order valence-corrected chi connectivity index (χ4v) is 4.13. The molecule has 1 amide bonds. The van der Waals surface area contributed by atoms with Gasteiger partial charge in [-0.15, -0.1) is 0 Å². The Balaban J connectivity index is 1.81. The lowest BCUT2D eigenvalue weighted by atomic mass is 10.1. The van der Waals surface area contributed by atoms with E-state index in [0.717, 1.165) is 17.7 Å². The average Bonchev–Trinajstić information content (AvgIpc) is 2.87. The van der Waals surface area contributed by atoms with Gasteiger partial charge in [0.15, 0.2) is 4.32 Å². The first kappa shape index (κ1) is 18.2. The van der Waals surface area contributed by atoms with E-state index in [1.54, 1.807) is 4.90 Å². The molecule has 0 atom stereocenters. The predicted octanol–water partition coefficient (Wildman–Crippen LogP) is 6.09. The molecule has 0 unspecified atom stereocenters. The van der Waals surface area contributed by atoms with Crippen molar-refractivity contribution >= 4 is 57.6 Å². The standard InChI is InChI=1S/C20H18ClNOS2/c1-2-3-5-14-8-10-17(11-9-14)22-19(23)18(25-20(22)24)13-15-6-4-7-16(21)12-15/h4,6-13H,2-3,5H2,1H3/b18-13-. The number of anilines is 1. The molecule has 25 heavy (non-hydrogen) atoms. The van der Waals surface area contributed by atoms with Gasteiger partial charge in [-0.2, -0.15) is 0 Å². The molecule has 1 aliphatic heterocycles. The number of nitrogens with zero attached hydrogens (tertiary/aromatic N) is 1. The van der Waals surface area contributed by atoms with Crippen molar-refractivity contribution in [1.82, 2.24) is 0 Å². The lowest BCUT2D eigenvalue weighted by molar-refractivity contribution is -0.113. The molecule has 0 radical (unpaired) electrons. The van der Waals surface area contributed by atoms with Crippen LogP contribution in [0.5, 0.6) is 0 Å². The monoisotopic (exact) mass is 387 g/mol. The molecule has 0 saturated carbocycles. The predicted molar refractivity (Wildman–Crippen MR) is 112 cm³/mol. The van der Waals surface area contributed by atoms with Gasteiger partial charge >= 0.3 is 0 Å². The minimum atomic E-state index is -0.0868. The van der Waals surface area contributed by atoms with E-state index in [1.807, 2.05) is 42.5 Å². The van der Waals surface area contributed by atoms with E-state index in [9.17, 15) is 4.79 Å². The Kier molecular flexibility index (Phi) is 5.94. The lowest BCUT2D eigenvalue weighted by Gasteiger charge is -2.15. The third-order valence-corrected chi connectivity index (χ3v) is 5.49. The summed E-state index contributed by atoms with van der Waals surface area (Å²) in [5, 5.41) is 0.645. The molecule has 2 nitrogen and oxygen atoms in total. The van der Waals surface area contributed by atoms with Crippen LogP contribution in [0.25, 0.3) is 6.08 Å². The maximum atomic E-state index is 12.8. The van der Waals surface area contributed by atoms with E-state index in [2.05, 4.69) is 19.1 Å². The number of carbonyl (C=O) groups is 1. The second kappa shape index (κ2) is 8.17. The zero-order valence-electron chi connectivity index (χ0n) is 13.9. The molecular weight excluding hydrogens is 370 g/mol. The van der Waals surface area contributed by atoms with Crippen molar-refractivity contribution in [2.24, 2.45) is 0 Å². The lowest BCUT2D eigenvalue weighted by Crippen LogP contribution is -2.27. The van der Waals surface area contributed by atoms with Crippen LogP contribution < -0.4 is 4.90 Å². The van der Waals surface area contributed by atoms with Crippen molar-refractivity contribution in [3.63, 3.8) is 0 Å². The maximum Gasteiger partial charge on any atom is 0.270 e. The first-order valence-electron chi connectivity index (χ1n) is 8.21. The molecule has 1 heterocycles. The van der Waals surface area contributed by atoms with Crippen LogP contribution in [0.1, 0.15) is 30.9 Å². The summed E-state index contributed by atoms with van der Waals surface area (Å²) in [6.45, 7) is 2.18. The summed E-state index contributed by atoms with van der Waals surface area (Å²) in [7, 11) is 0. The zero-order valence-corrected chi connectivity index (χ0v) is 16.3. The Morgan fingerprint density at radius 3 is 2.64 bits per heavy atom. The molecule has 0 aliphatic carbocycles. The van der Waals surface area contributed by atoms with E-state index in [4.69, 9.17) is 23.8 Å². The minimum Gasteiger partial charge on any atom is -0.268 e. The number of thioether (sulfide) groups is 1. The minimum absolute atomic E-state index is 0.0868. The van der Waals surface area contributed by atoms with Gasteiger partial charge in [0.2, 0.25) is 0 Å². The third-order valence-electron chi connectivity index (χ3n) is 3.95. The molecule has 5 heteroatoms. The average molecular weight is 388 g/mol. The highest BCUT2D eigenvalue weighted by molar-refractivity contribution is 8.27. The van der Waals surface area contributed by atoms with Crippen LogP contribution >= 0.6 is 35.6 Å². The highest BCUT2D eigenvalue weighted by Crippen LogP contribution is 2.36. The number of unbranched alkanes of at least 4 members (excludes halogenated alkanes) is 1. The zero-order chi connectivity index (χ0) is 17.8. The van der Waals surface area contributed by atoms with Crippen molar-refractivity contribution in [2.45, 2.75) is 26.2 Å². The molecular formula is C20H18ClNOS2. The van der Waals surface area contributed by atoms with Gasteiger partial charge in [0.1, 0.15) is 0 Å². The largest absolute Gasteiger partial charge is 0.270 e. The molecule has 0 spiro atoms.